The quantitative estimate of drug-likeness (QED) is 0.580. The Bertz CT molecular complexity index is 1110. The number of aromatic nitrogens is 3. The summed E-state index contributed by atoms with van der Waals surface area (Å²) in [5.74, 6) is -0.860. The number of benzene rings is 1. The molecule has 1 aromatic carbocycles. The number of imidazole rings is 1. The van der Waals surface area contributed by atoms with Gasteiger partial charge in [0.05, 0.1) is 6.42 Å². The molecule has 0 aliphatic carbocycles. The average molecular weight is 449 g/mol. The smallest absolute Gasteiger partial charge is 0.434 e. The SMILES string of the molecule is O=C(O)Cc1ccc(N2CCN(c3ccc(-c4nc(C(F)(F)F)c[nH]4)cn3)CC2)cc1F. The number of hydrogen-bond donors (Lipinski definition) is 2. The number of pyridine rings is 1. The summed E-state index contributed by atoms with van der Waals surface area (Å²) in [7, 11) is 0. The molecule has 0 atom stereocenters. The molecule has 1 aliphatic heterocycles. The lowest BCUT2D eigenvalue weighted by atomic mass is 10.1. The molecule has 1 saturated heterocycles. The summed E-state index contributed by atoms with van der Waals surface area (Å²) in [4.78, 5) is 25.2. The Morgan fingerprint density at radius 1 is 1.09 bits per heavy atom. The standard InChI is InChI=1S/C21H19F4N5O2/c22-16-10-15(3-1-13(16)9-19(31)32)29-5-7-30(8-6-29)18-4-2-14(11-26-18)20-27-12-17(28-20)21(23,24)25/h1-4,10-12H,5-9H2,(H,27,28)(H,31,32). The van der Waals surface area contributed by atoms with Gasteiger partial charge in [0.2, 0.25) is 0 Å². The molecule has 0 spiro atoms. The summed E-state index contributed by atoms with van der Waals surface area (Å²) in [6.07, 6.45) is -2.59. The van der Waals surface area contributed by atoms with Crippen LogP contribution in [0.25, 0.3) is 11.4 Å². The molecule has 2 N–H and O–H groups in total. The van der Waals surface area contributed by atoms with Gasteiger partial charge in [0.1, 0.15) is 17.5 Å². The van der Waals surface area contributed by atoms with E-state index in [2.05, 4.69) is 15.0 Å². The zero-order chi connectivity index (χ0) is 22.9. The van der Waals surface area contributed by atoms with Crippen LogP contribution in [0.1, 0.15) is 11.3 Å². The van der Waals surface area contributed by atoms with E-state index in [1.165, 1.54) is 18.3 Å². The van der Waals surface area contributed by atoms with Crippen molar-refractivity contribution in [3.8, 4) is 11.4 Å². The molecule has 11 heteroatoms. The zero-order valence-electron chi connectivity index (χ0n) is 16.7. The number of aromatic amines is 1. The predicted molar refractivity (Wildman–Crippen MR) is 109 cm³/mol. The van der Waals surface area contributed by atoms with E-state index in [0.717, 1.165) is 6.20 Å². The van der Waals surface area contributed by atoms with Gasteiger partial charge in [-0.15, -0.1) is 0 Å². The Morgan fingerprint density at radius 2 is 1.81 bits per heavy atom. The molecular formula is C21H19F4N5O2. The second-order valence-electron chi connectivity index (χ2n) is 7.36. The molecule has 0 saturated carbocycles. The van der Waals surface area contributed by atoms with Crippen molar-refractivity contribution in [2.24, 2.45) is 0 Å². The van der Waals surface area contributed by atoms with Gasteiger partial charge in [-0.2, -0.15) is 13.2 Å². The molecule has 0 bridgehead atoms. The number of anilines is 2. The molecule has 0 unspecified atom stereocenters. The van der Waals surface area contributed by atoms with E-state index in [-0.39, 0.29) is 17.8 Å². The van der Waals surface area contributed by atoms with Crippen LogP contribution in [0.2, 0.25) is 0 Å². The van der Waals surface area contributed by atoms with E-state index >= 15 is 0 Å². The van der Waals surface area contributed by atoms with Crippen LogP contribution in [0.5, 0.6) is 0 Å². The highest BCUT2D eigenvalue weighted by Crippen LogP contribution is 2.29. The fraction of sp³-hybridized carbons (Fsp3) is 0.286. The minimum atomic E-state index is -4.51. The maximum atomic E-state index is 14.2. The first-order valence-electron chi connectivity index (χ1n) is 9.80. The molecule has 1 fully saturated rings. The predicted octanol–water partition coefficient (Wildman–Crippen LogP) is 3.58. The third-order valence-corrected chi connectivity index (χ3v) is 5.24. The largest absolute Gasteiger partial charge is 0.481 e. The van der Waals surface area contributed by atoms with Crippen LogP contribution in [-0.4, -0.2) is 52.2 Å². The molecule has 168 valence electrons. The molecule has 2 aromatic heterocycles. The van der Waals surface area contributed by atoms with Crippen LogP contribution in [0.15, 0.2) is 42.7 Å². The first-order chi connectivity index (χ1) is 15.2. The number of carboxylic acid groups (broad SMARTS) is 1. The van der Waals surface area contributed by atoms with Gasteiger partial charge >= 0.3 is 12.1 Å². The fourth-order valence-electron chi connectivity index (χ4n) is 3.56. The number of aliphatic carboxylic acids is 1. The highest BCUT2D eigenvalue weighted by molar-refractivity contribution is 5.70. The minimum absolute atomic E-state index is 0.0922. The van der Waals surface area contributed by atoms with Crippen molar-refractivity contribution in [1.29, 1.82) is 0 Å². The average Bonchev–Trinajstić information content (AvgIpc) is 3.26. The van der Waals surface area contributed by atoms with Crippen molar-refractivity contribution >= 4 is 17.5 Å². The molecule has 32 heavy (non-hydrogen) atoms. The zero-order valence-corrected chi connectivity index (χ0v) is 16.7. The summed E-state index contributed by atoms with van der Waals surface area (Å²) in [5.41, 5.74) is 0.279. The lowest BCUT2D eigenvalue weighted by molar-refractivity contribution is -0.141. The molecule has 1 aliphatic rings. The van der Waals surface area contributed by atoms with Crippen molar-refractivity contribution in [1.82, 2.24) is 15.0 Å². The van der Waals surface area contributed by atoms with Crippen LogP contribution in [0.4, 0.5) is 29.1 Å². The Balaban J connectivity index is 1.39. The number of piperazine rings is 1. The minimum Gasteiger partial charge on any atom is -0.481 e. The van der Waals surface area contributed by atoms with E-state index in [1.54, 1.807) is 18.2 Å². The number of alkyl halides is 3. The van der Waals surface area contributed by atoms with Crippen molar-refractivity contribution < 1.29 is 27.5 Å². The molecule has 4 rings (SSSR count). The lowest BCUT2D eigenvalue weighted by Crippen LogP contribution is -2.46. The van der Waals surface area contributed by atoms with Crippen molar-refractivity contribution in [2.45, 2.75) is 12.6 Å². The molecule has 0 amide bonds. The van der Waals surface area contributed by atoms with E-state index in [4.69, 9.17) is 5.11 Å². The summed E-state index contributed by atoms with van der Waals surface area (Å²) in [6.45, 7) is 2.44. The number of rotatable bonds is 5. The molecule has 7 nitrogen and oxygen atoms in total. The van der Waals surface area contributed by atoms with Gasteiger partial charge in [0.25, 0.3) is 0 Å². The van der Waals surface area contributed by atoms with E-state index < -0.39 is 23.7 Å². The van der Waals surface area contributed by atoms with Gasteiger partial charge in [0.15, 0.2) is 5.69 Å². The Morgan fingerprint density at radius 3 is 2.38 bits per heavy atom. The van der Waals surface area contributed by atoms with Gasteiger partial charge < -0.3 is 19.9 Å². The third-order valence-electron chi connectivity index (χ3n) is 5.24. The number of H-pyrrole nitrogens is 1. The molecule has 0 radical (unpaired) electrons. The van der Waals surface area contributed by atoms with Crippen LogP contribution < -0.4 is 9.80 Å². The summed E-state index contributed by atoms with van der Waals surface area (Å²) < 4.78 is 52.3. The van der Waals surface area contributed by atoms with Gasteiger partial charge in [-0.05, 0) is 29.8 Å². The van der Waals surface area contributed by atoms with E-state index in [1.807, 2.05) is 9.80 Å². The number of nitrogens with one attached hydrogen (secondary N) is 1. The van der Waals surface area contributed by atoms with Crippen LogP contribution in [0, 0.1) is 5.82 Å². The van der Waals surface area contributed by atoms with Crippen LogP contribution in [0.3, 0.4) is 0 Å². The first-order valence-corrected chi connectivity index (χ1v) is 9.80. The summed E-state index contributed by atoms with van der Waals surface area (Å²) in [5, 5.41) is 8.82. The fourth-order valence-corrected chi connectivity index (χ4v) is 3.56. The normalized spacial score (nSPS) is 14.6. The molecule has 3 heterocycles. The summed E-state index contributed by atoms with van der Waals surface area (Å²) in [6, 6.07) is 7.93. The Hall–Kier alpha value is -3.63. The van der Waals surface area contributed by atoms with Crippen molar-refractivity contribution in [3.63, 3.8) is 0 Å². The van der Waals surface area contributed by atoms with Crippen LogP contribution in [-0.2, 0) is 17.4 Å². The highest BCUT2D eigenvalue weighted by Gasteiger charge is 2.33. The van der Waals surface area contributed by atoms with Crippen molar-refractivity contribution in [2.75, 3.05) is 36.0 Å². The topological polar surface area (TPSA) is 85.4 Å². The second kappa shape index (κ2) is 8.48. The maximum Gasteiger partial charge on any atom is 0.434 e. The van der Waals surface area contributed by atoms with Gasteiger partial charge in [-0.25, -0.2) is 14.4 Å². The second-order valence-corrected chi connectivity index (χ2v) is 7.36. The Labute approximate surface area is 180 Å². The van der Waals surface area contributed by atoms with Gasteiger partial charge in [-0.1, -0.05) is 6.07 Å². The Kier molecular flexibility index (Phi) is 5.72. The first kappa shape index (κ1) is 21.6. The maximum absolute atomic E-state index is 14.2. The number of hydrogen-bond acceptors (Lipinski definition) is 5. The van der Waals surface area contributed by atoms with Crippen LogP contribution >= 0.6 is 0 Å². The third kappa shape index (κ3) is 4.66. The van der Waals surface area contributed by atoms with Gasteiger partial charge in [-0.3, -0.25) is 4.79 Å². The van der Waals surface area contributed by atoms with E-state index in [0.29, 0.717) is 43.2 Å². The highest BCUT2D eigenvalue weighted by atomic mass is 19.4. The molecular weight excluding hydrogens is 430 g/mol. The monoisotopic (exact) mass is 449 g/mol. The summed E-state index contributed by atoms with van der Waals surface area (Å²) >= 11 is 0. The van der Waals surface area contributed by atoms with Crippen molar-refractivity contribution in [3.05, 3.63) is 59.8 Å². The van der Waals surface area contributed by atoms with E-state index in [9.17, 15) is 22.4 Å². The number of halogens is 4. The number of nitrogens with zero attached hydrogens (tertiary/aromatic N) is 4. The molecule has 3 aromatic rings. The number of carboxylic acids is 1. The van der Waals surface area contributed by atoms with Gasteiger partial charge in [0, 0.05) is 49.8 Å². The lowest BCUT2D eigenvalue weighted by Gasteiger charge is -2.36. The number of carbonyl (C=O) groups is 1.